The number of nitrogens with one attached hydrogen (secondary N) is 2. The lowest BCUT2D eigenvalue weighted by Crippen LogP contribution is -2.51. The first-order valence-electron chi connectivity index (χ1n) is 14.9. The molecule has 0 radical (unpaired) electrons. The minimum Gasteiger partial charge on any atom is -0.480 e. The number of amides is 2. The second-order valence-electron chi connectivity index (χ2n) is 11.7. The van der Waals surface area contributed by atoms with Gasteiger partial charge in [-0.2, -0.15) is 0 Å². The highest BCUT2D eigenvalue weighted by molar-refractivity contribution is 5.86. The molecule has 16 heteroatoms. The Hall–Kier alpha value is -3.79. The Morgan fingerprint density at radius 1 is 0.689 bits per heavy atom. The highest BCUT2D eigenvalue weighted by Gasteiger charge is 2.29. The first-order chi connectivity index (χ1) is 20.8. The summed E-state index contributed by atoms with van der Waals surface area (Å²) in [5.74, 6) is -6.56. The van der Waals surface area contributed by atoms with E-state index < -0.39 is 74.5 Å². The fourth-order valence-electron chi connectivity index (χ4n) is 4.03. The van der Waals surface area contributed by atoms with Crippen molar-refractivity contribution in [2.75, 3.05) is 45.8 Å². The fourth-order valence-corrected chi connectivity index (χ4v) is 4.03. The molecule has 0 aliphatic rings. The van der Waals surface area contributed by atoms with Crippen molar-refractivity contribution in [3.05, 3.63) is 0 Å². The number of carboxylic acids is 5. The highest BCUT2D eigenvalue weighted by Crippen LogP contribution is 2.24. The number of aliphatic carboxylic acids is 5. The molecular formula is C29H52N4O12. The Morgan fingerprint density at radius 3 is 1.62 bits per heavy atom. The quantitative estimate of drug-likeness (QED) is 0.0722. The van der Waals surface area contributed by atoms with Crippen molar-refractivity contribution in [3.8, 4) is 0 Å². The van der Waals surface area contributed by atoms with Crippen LogP contribution in [-0.4, -0.2) is 129 Å². The van der Waals surface area contributed by atoms with Crippen LogP contribution in [0.15, 0.2) is 0 Å². The maximum Gasteiger partial charge on any atom is 0.322 e. The summed E-state index contributed by atoms with van der Waals surface area (Å²) in [5.41, 5.74) is -0.210. The van der Waals surface area contributed by atoms with Gasteiger partial charge in [0, 0.05) is 12.0 Å². The molecule has 45 heavy (non-hydrogen) atoms. The van der Waals surface area contributed by atoms with Gasteiger partial charge in [0.1, 0.15) is 6.54 Å². The Balaban J connectivity index is 0. The van der Waals surface area contributed by atoms with Gasteiger partial charge in [0.2, 0.25) is 11.8 Å². The van der Waals surface area contributed by atoms with Crippen LogP contribution in [0.1, 0.15) is 79.6 Å². The van der Waals surface area contributed by atoms with E-state index in [0.29, 0.717) is 5.92 Å². The van der Waals surface area contributed by atoms with Crippen LogP contribution in [0.5, 0.6) is 0 Å². The van der Waals surface area contributed by atoms with Gasteiger partial charge in [-0.05, 0) is 44.6 Å². The van der Waals surface area contributed by atoms with Crippen LogP contribution >= 0.6 is 0 Å². The van der Waals surface area contributed by atoms with E-state index in [1.54, 1.807) is 0 Å². The lowest BCUT2D eigenvalue weighted by atomic mass is 9.84. The SMILES string of the molecule is CCCCNC(=O)C(C)(C)CCC(C)C.O=C(O)CNC(=O)C(CCCCN(CC(=O)O)CC(=O)O)N(CC(=O)O)CC(=O)O. The Morgan fingerprint density at radius 2 is 1.20 bits per heavy atom. The molecule has 0 aromatic carbocycles. The highest BCUT2D eigenvalue weighted by atomic mass is 16.4. The van der Waals surface area contributed by atoms with Crippen molar-refractivity contribution in [2.45, 2.75) is 85.6 Å². The van der Waals surface area contributed by atoms with E-state index >= 15 is 0 Å². The molecule has 1 unspecified atom stereocenters. The molecule has 1 atom stereocenters. The van der Waals surface area contributed by atoms with Crippen molar-refractivity contribution >= 4 is 41.7 Å². The number of hydrogen-bond acceptors (Lipinski definition) is 9. The van der Waals surface area contributed by atoms with Crippen molar-refractivity contribution < 1.29 is 59.1 Å². The summed E-state index contributed by atoms with van der Waals surface area (Å²) in [4.78, 5) is 80.4. The molecule has 0 heterocycles. The van der Waals surface area contributed by atoms with Gasteiger partial charge in [0.05, 0.1) is 32.2 Å². The van der Waals surface area contributed by atoms with E-state index in [1.807, 2.05) is 13.8 Å². The van der Waals surface area contributed by atoms with Crippen LogP contribution in [0.25, 0.3) is 0 Å². The summed E-state index contributed by atoms with van der Waals surface area (Å²) < 4.78 is 0. The molecule has 0 fully saturated rings. The average Bonchev–Trinajstić information content (AvgIpc) is 2.89. The summed E-state index contributed by atoms with van der Waals surface area (Å²) in [7, 11) is 0. The van der Waals surface area contributed by atoms with Gasteiger partial charge in [0.25, 0.3) is 0 Å². The van der Waals surface area contributed by atoms with Gasteiger partial charge in [-0.1, -0.05) is 47.5 Å². The van der Waals surface area contributed by atoms with Crippen molar-refractivity contribution in [3.63, 3.8) is 0 Å². The summed E-state index contributed by atoms with van der Waals surface area (Å²) >= 11 is 0. The standard InChI is InChI=1S/C16H25N3O11.C13H27NO/c20-11(21)5-17-16(30)10(19(8-14(26)27)9-15(28)29)3-1-2-4-18(6-12(22)23)7-13(24)25;1-6-7-10-14-12(15)13(4,5)9-8-11(2)3/h10H,1-9H2,(H,17,30)(H,20,21)(H,22,23)(H,24,25)(H,26,27)(H,28,29);11H,6-10H2,1-5H3,(H,14,15). The number of hydrogen-bond donors (Lipinski definition) is 7. The van der Waals surface area contributed by atoms with Crippen molar-refractivity contribution in [1.29, 1.82) is 0 Å². The van der Waals surface area contributed by atoms with Crippen molar-refractivity contribution in [1.82, 2.24) is 20.4 Å². The minimum atomic E-state index is -1.39. The van der Waals surface area contributed by atoms with Crippen LogP contribution < -0.4 is 10.6 Å². The maximum atomic E-state index is 12.3. The average molecular weight is 649 g/mol. The van der Waals surface area contributed by atoms with E-state index in [9.17, 15) is 33.6 Å². The van der Waals surface area contributed by atoms with Gasteiger partial charge in [-0.15, -0.1) is 0 Å². The number of carbonyl (C=O) groups excluding carboxylic acids is 2. The molecule has 0 saturated heterocycles. The molecule has 0 aliphatic carbocycles. The monoisotopic (exact) mass is 648 g/mol. The molecular weight excluding hydrogens is 596 g/mol. The number of carboxylic acid groups (broad SMARTS) is 5. The van der Waals surface area contributed by atoms with E-state index in [2.05, 4.69) is 31.4 Å². The van der Waals surface area contributed by atoms with Crippen LogP contribution in [0, 0.1) is 11.3 Å². The second-order valence-corrected chi connectivity index (χ2v) is 11.7. The van der Waals surface area contributed by atoms with E-state index in [0.717, 1.165) is 42.0 Å². The molecule has 0 aromatic rings. The summed E-state index contributed by atoms with van der Waals surface area (Å²) in [5, 5.41) is 49.3. The molecule has 0 bridgehead atoms. The second kappa shape index (κ2) is 23.6. The molecule has 2 amide bonds. The molecule has 0 spiro atoms. The van der Waals surface area contributed by atoms with Crippen LogP contribution in [0.4, 0.5) is 0 Å². The third-order valence-electron chi connectivity index (χ3n) is 6.53. The largest absolute Gasteiger partial charge is 0.480 e. The third-order valence-corrected chi connectivity index (χ3v) is 6.53. The number of nitrogens with zero attached hydrogens (tertiary/aromatic N) is 2. The van der Waals surface area contributed by atoms with E-state index in [-0.39, 0.29) is 37.1 Å². The van der Waals surface area contributed by atoms with Gasteiger partial charge in [0.15, 0.2) is 0 Å². The number of rotatable bonds is 24. The van der Waals surface area contributed by atoms with E-state index in [4.69, 9.17) is 25.5 Å². The summed E-state index contributed by atoms with van der Waals surface area (Å²) in [6.07, 6.45) is 4.67. The van der Waals surface area contributed by atoms with Gasteiger partial charge in [-0.25, -0.2) is 0 Å². The topological polar surface area (TPSA) is 251 Å². The molecule has 0 rings (SSSR count). The zero-order valence-corrected chi connectivity index (χ0v) is 27.0. The number of unbranched alkanes of at least 4 members (excludes halogenated alkanes) is 2. The van der Waals surface area contributed by atoms with Crippen molar-refractivity contribution in [2.24, 2.45) is 11.3 Å². The first-order valence-corrected chi connectivity index (χ1v) is 14.9. The molecule has 0 aromatic heterocycles. The lowest BCUT2D eigenvalue weighted by molar-refractivity contribution is -0.146. The Kier molecular flexibility index (Phi) is 22.7. The lowest BCUT2D eigenvalue weighted by Gasteiger charge is -2.28. The van der Waals surface area contributed by atoms with Crippen LogP contribution in [0.3, 0.4) is 0 Å². The van der Waals surface area contributed by atoms with E-state index in [1.165, 1.54) is 0 Å². The summed E-state index contributed by atoms with van der Waals surface area (Å²) in [6, 6.07) is -1.26. The van der Waals surface area contributed by atoms with Gasteiger partial charge >= 0.3 is 29.8 Å². The molecule has 260 valence electrons. The maximum absolute atomic E-state index is 12.3. The molecule has 16 nitrogen and oxygen atoms in total. The Bertz CT molecular complexity index is 939. The number of carbonyl (C=O) groups is 7. The zero-order chi connectivity index (χ0) is 35.2. The first kappa shape index (κ1) is 43.3. The smallest absolute Gasteiger partial charge is 0.322 e. The van der Waals surface area contributed by atoms with Gasteiger partial charge in [-0.3, -0.25) is 43.4 Å². The van der Waals surface area contributed by atoms with Crippen LogP contribution in [0.2, 0.25) is 0 Å². The van der Waals surface area contributed by atoms with Crippen LogP contribution in [-0.2, 0) is 33.6 Å². The predicted octanol–water partition coefficient (Wildman–Crippen LogP) is 1.03. The zero-order valence-electron chi connectivity index (χ0n) is 27.0. The molecule has 0 saturated carbocycles. The predicted molar refractivity (Wildman–Crippen MR) is 163 cm³/mol. The summed E-state index contributed by atoms with van der Waals surface area (Å²) in [6.45, 7) is 8.16. The minimum absolute atomic E-state index is 0.0555. The van der Waals surface area contributed by atoms with Gasteiger partial charge < -0.3 is 36.2 Å². The normalized spacial score (nSPS) is 11.8. The Labute approximate surface area is 264 Å². The fraction of sp³-hybridized carbons (Fsp3) is 0.759. The molecule has 0 aliphatic heterocycles. The molecule has 7 N–H and O–H groups in total. The third kappa shape index (κ3) is 24.2.